The molecule has 0 radical (unpaired) electrons. The number of nitrogens with one attached hydrogen (secondary N) is 2. The molecule has 0 aliphatic carbocycles. The summed E-state index contributed by atoms with van der Waals surface area (Å²) in [4.78, 5) is 36.9. The van der Waals surface area contributed by atoms with E-state index in [4.69, 9.17) is 0 Å². The number of aromatic nitrogens is 2. The van der Waals surface area contributed by atoms with Crippen LogP contribution in [0.3, 0.4) is 0 Å². The van der Waals surface area contributed by atoms with Gasteiger partial charge < -0.3 is 20.4 Å². The summed E-state index contributed by atoms with van der Waals surface area (Å²) in [6.07, 6.45) is 7.51. The zero-order valence-electron chi connectivity index (χ0n) is 17.0. The third-order valence-corrected chi connectivity index (χ3v) is 4.98. The molecule has 1 saturated heterocycles. The summed E-state index contributed by atoms with van der Waals surface area (Å²) < 4.78 is 0.820. The van der Waals surface area contributed by atoms with Gasteiger partial charge in [0.2, 0.25) is 11.9 Å². The standard InChI is InChI=1S/C21H25BrN6O2/c1-27(2)10-3-4-19(29)25-17-7-5-15(6-8-17)20(30)28-11-9-18(14-28)26-21-23-12-16(22)13-24-21/h3-8,12-13,18H,9-11,14H2,1-2H3,(H,25,29)(H,23,24,26)/b4-3+/t18-/m1/s1. The topological polar surface area (TPSA) is 90.5 Å². The van der Waals surface area contributed by atoms with Crippen molar-refractivity contribution < 1.29 is 9.59 Å². The van der Waals surface area contributed by atoms with Crippen LogP contribution in [0.15, 0.2) is 53.3 Å². The zero-order chi connectivity index (χ0) is 21.5. The molecule has 8 nitrogen and oxygen atoms in total. The number of benzene rings is 1. The van der Waals surface area contributed by atoms with Gasteiger partial charge in [-0.05, 0) is 60.7 Å². The predicted octanol–water partition coefficient (Wildman–Crippen LogP) is 2.62. The van der Waals surface area contributed by atoms with Crippen molar-refractivity contribution in [1.29, 1.82) is 0 Å². The molecule has 0 saturated carbocycles. The first-order chi connectivity index (χ1) is 14.4. The molecule has 1 aromatic carbocycles. The summed E-state index contributed by atoms with van der Waals surface area (Å²) in [6.45, 7) is 1.95. The third kappa shape index (κ3) is 6.36. The van der Waals surface area contributed by atoms with Crippen molar-refractivity contribution in [3.8, 4) is 0 Å². The second-order valence-electron chi connectivity index (χ2n) is 7.34. The molecule has 2 N–H and O–H groups in total. The lowest BCUT2D eigenvalue weighted by atomic mass is 10.2. The maximum atomic E-state index is 12.8. The Balaban J connectivity index is 1.51. The Labute approximate surface area is 184 Å². The fourth-order valence-corrected chi connectivity index (χ4v) is 3.27. The van der Waals surface area contributed by atoms with Crippen LogP contribution >= 0.6 is 15.9 Å². The Morgan fingerprint density at radius 2 is 1.93 bits per heavy atom. The van der Waals surface area contributed by atoms with Crippen molar-refractivity contribution in [2.45, 2.75) is 12.5 Å². The SMILES string of the molecule is CN(C)C/C=C/C(=O)Nc1ccc(C(=O)N2CC[C@@H](Nc3ncc(Br)cn3)C2)cc1. The van der Waals surface area contributed by atoms with Gasteiger partial charge in [-0.2, -0.15) is 0 Å². The highest BCUT2D eigenvalue weighted by molar-refractivity contribution is 9.10. The molecular weight excluding hydrogens is 448 g/mol. The molecule has 3 rings (SSSR count). The average molecular weight is 473 g/mol. The van der Waals surface area contributed by atoms with Gasteiger partial charge in [-0.15, -0.1) is 0 Å². The molecule has 1 fully saturated rings. The van der Waals surface area contributed by atoms with Crippen molar-refractivity contribution in [2.75, 3.05) is 44.4 Å². The molecule has 9 heteroatoms. The maximum absolute atomic E-state index is 12.8. The van der Waals surface area contributed by atoms with E-state index in [1.807, 2.05) is 23.9 Å². The number of amides is 2. The van der Waals surface area contributed by atoms with Gasteiger partial charge in [0, 0.05) is 55.4 Å². The molecule has 2 heterocycles. The Kier molecular flexibility index (Phi) is 7.53. The van der Waals surface area contributed by atoms with E-state index in [-0.39, 0.29) is 17.9 Å². The van der Waals surface area contributed by atoms with Crippen LogP contribution in [0.5, 0.6) is 0 Å². The van der Waals surface area contributed by atoms with Crippen molar-refractivity contribution in [2.24, 2.45) is 0 Å². The van der Waals surface area contributed by atoms with Crippen LogP contribution in [0.4, 0.5) is 11.6 Å². The van der Waals surface area contributed by atoms with Crippen molar-refractivity contribution >= 4 is 39.4 Å². The first-order valence-corrected chi connectivity index (χ1v) is 10.5. The number of carbonyl (C=O) groups excluding carboxylic acids is 2. The Hall–Kier alpha value is -2.78. The first kappa shape index (κ1) is 21.9. The molecule has 1 aliphatic rings. The third-order valence-electron chi connectivity index (χ3n) is 4.57. The Bertz CT molecular complexity index is 899. The second kappa shape index (κ2) is 10.3. The monoisotopic (exact) mass is 472 g/mol. The molecule has 2 aromatic rings. The van der Waals surface area contributed by atoms with Gasteiger partial charge in [-0.25, -0.2) is 9.97 Å². The van der Waals surface area contributed by atoms with E-state index in [0.29, 0.717) is 36.8 Å². The summed E-state index contributed by atoms with van der Waals surface area (Å²) in [5, 5.41) is 6.06. The molecule has 0 unspecified atom stereocenters. The van der Waals surface area contributed by atoms with Crippen molar-refractivity contribution in [3.05, 3.63) is 58.8 Å². The molecule has 0 bridgehead atoms. The number of rotatable bonds is 7. The number of likely N-dealkylation sites (N-methyl/N-ethyl adjacent to an activating group) is 1. The number of anilines is 2. The van der Waals surface area contributed by atoms with E-state index >= 15 is 0 Å². The lowest BCUT2D eigenvalue weighted by Gasteiger charge is -2.17. The second-order valence-corrected chi connectivity index (χ2v) is 8.25. The first-order valence-electron chi connectivity index (χ1n) is 9.66. The van der Waals surface area contributed by atoms with Gasteiger partial charge >= 0.3 is 0 Å². The Morgan fingerprint density at radius 3 is 2.60 bits per heavy atom. The van der Waals surface area contributed by atoms with Crippen LogP contribution in [-0.2, 0) is 4.79 Å². The predicted molar refractivity (Wildman–Crippen MR) is 120 cm³/mol. The zero-order valence-corrected chi connectivity index (χ0v) is 18.6. The minimum Gasteiger partial charge on any atom is -0.350 e. The average Bonchev–Trinajstić information content (AvgIpc) is 3.18. The summed E-state index contributed by atoms with van der Waals surface area (Å²) in [7, 11) is 3.87. The lowest BCUT2D eigenvalue weighted by Crippen LogP contribution is -2.31. The molecule has 158 valence electrons. The summed E-state index contributed by atoms with van der Waals surface area (Å²) in [5.41, 5.74) is 1.25. The smallest absolute Gasteiger partial charge is 0.253 e. The highest BCUT2D eigenvalue weighted by Gasteiger charge is 2.27. The van der Waals surface area contributed by atoms with E-state index in [0.717, 1.165) is 10.9 Å². The quantitative estimate of drug-likeness (QED) is 0.601. The molecule has 2 amide bonds. The minimum absolute atomic E-state index is 0.0280. The largest absolute Gasteiger partial charge is 0.350 e. The van der Waals surface area contributed by atoms with Gasteiger partial charge in [0.05, 0.1) is 4.47 Å². The number of hydrogen-bond donors (Lipinski definition) is 2. The minimum atomic E-state index is -0.195. The van der Waals surface area contributed by atoms with E-state index in [2.05, 4.69) is 36.5 Å². The van der Waals surface area contributed by atoms with E-state index in [1.54, 1.807) is 42.7 Å². The Morgan fingerprint density at radius 1 is 1.23 bits per heavy atom. The lowest BCUT2D eigenvalue weighted by molar-refractivity contribution is -0.111. The summed E-state index contributed by atoms with van der Waals surface area (Å²) in [5.74, 6) is 0.330. The number of nitrogens with zero attached hydrogens (tertiary/aromatic N) is 4. The molecule has 1 atom stereocenters. The van der Waals surface area contributed by atoms with Crippen LogP contribution in [0, 0.1) is 0 Å². The summed E-state index contributed by atoms with van der Waals surface area (Å²) in [6, 6.07) is 7.07. The fourth-order valence-electron chi connectivity index (χ4n) is 3.07. The number of likely N-dealkylation sites (tertiary alicyclic amines) is 1. The molecule has 1 aliphatic heterocycles. The molecule has 0 spiro atoms. The number of carbonyl (C=O) groups is 2. The maximum Gasteiger partial charge on any atom is 0.253 e. The summed E-state index contributed by atoms with van der Waals surface area (Å²) >= 11 is 3.31. The highest BCUT2D eigenvalue weighted by Crippen LogP contribution is 2.18. The van der Waals surface area contributed by atoms with Crippen LogP contribution in [-0.4, -0.2) is 71.4 Å². The normalized spacial score (nSPS) is 16.3. The van der Waals surface area contributed by atoms with E-state index in [9.17, 15) is 9.59 Å². The number of halogens is 1. The molecule has 1 aromatic heterocycles. The van der Waals surface area contributed by atoms with Crippen molar-refractivity contribution in [1.82, 2.24) is 19.8 Å². The number of hydrogen-bond acceptors (Lipinski definition) is 6. The van der Waals surface area contributed by atoms with E-state index < -0.39 is 0 Å². The fraction of sp³-hybridized carbons (Fsp3) is 0.333. The molecule has 30 heavy (non-hydrogen) atoms. The van der Waals surface area contributed by atoms with Gasteiger partial charge in [-0.3, -0.25) is 9.59 Å². The van der Waals surface area contributed by atoms with Gasteiger partial charge in [0.15, 0.2) is 0 Å². The molecular formula is C21H25BrN6O2. The van der Waals surface area contributed by atoms with Crippen LogP contribution in [0.1, 0.15) is 16.8 Å². The van der Waals surface area contributed by atoms with Gasteiger partial charge in [0.25, 0.3) is 5.91 Å². The van der Waals surface area contributed by atoms with Crippen LogP contribution in [0.2, 0.25) is 0 Å². The van der Waals surface area contributed by atoms with Crippen LogP contribution < -0.4 is 10.6 Å². The van der Waals surface area contributed by atoms with Gasteiger partial charge in [-0.1, -0.05) is 6.08 Å². The highest BCUT2D eigenvalue weighted by atomic mass is 79.9. The van der Waals surface area contributed by atoms with Crippen molar-refractivity contribution in [3.63, 3.8) is 0 Å². The van der Waals surface area contributed by atoms with Crippen LogP contribution in [0.25, 0.3) is 0 Å². The van der Waals surface area contributed by atoms with Gasteiger partial charge in [0.1, 0.15) is 0 Å². The van der Waals surface area contributed by atoms with E-state index in [1.165, 1.54) is 6.08 Å².